The molecule has 4 bridgehead atoms. The second kappa shape index (κ2) is 12.9. The summed E-state index contributed by atoms with van der Waals surface area (Å²) in [4.78, 5) is 5.35. The van der Waals surface area contributed by atoms with Gasteiger partial charge in [0.2, 0.25) is 0 Å². The maximum absolute atomic E-state index is 2.73. The van der Waals surface area contributed by atoms with Crippen LogP contribution in [0.5, 0.6) is 0 Å². The summed E-state index contributed by atoms with van der Waals surface area (Å²) in [7, 11) is 0. The molecule has 316 valence electrons. The zero-order chi connectivity index (χ0) is 43.4. The van der Waals surface area contributed by atoms with E-state index in [0.717, 1.165) is 5.92 Å². The van der Waals surface area contributed by atoms with Crippen molar-refractivity contribution in [1.29, 1.82) is 0 Å². The highest BCUT2D eigenvalue weighted by molar-refractivity contribution is 7.00. The Morgan fingerprint density at radius 1 is 0.443 bits per heavy atom. The Bertz CT molecular complexity index is 2400. The standard InChI is InChI=1S/C58H71BN2/c1-52(2,3)38-15-21-43(22-16-38)60-47-25-19-40(54(7,8)9)27-45(47)59-46-28-41(55(10,11)12)20-26-48(46)61(44-23-17-39(18-24-44)53(4,5)6)50-30-42(29-49(60)51(50)59)58-33-37-31-56(13,35-58)34-57(14,32-37)36-58/h15-30,37H,31-36H2,1-14H3. The lowest BCUT2D eigenvalue weighted by Crippen LogP contribution is -2.62. The van der Waals surface area contributed by atoms with Crippen LogP contribution in [0.15, 0.2) is 97.1 Å². The minimum Gasteiger partial charge on any atom is -0.311 e. The summed E-state index contributed by atoms with van der Waals surface area (Å²) >= 11 is 0. The first kappa shape index (κ1) is 40.8. The van der Waals surface area contributed by atoms with Crippen LogP contribution in [0.1, 0.15) is 163 Å². The van der Waals surface area contributed by atoms with Crippen LogP contribution >= 0.6 is 0 Å². The van der Waals surface area contributed by atoms with E-state index in [4.69, 9.17) is 0 Å². The molecule has 5 aromatic carbocycles. The summed E-state index contributed by atoms with van der Waals surface area (Å²) in [6, 6.07) is 39.6. The Morgan fingerprint density at radius 2 is 0.820 bits per heavy atom. The molecule has 4 saturated carbocycles. The van der Waals surface area contributed by atoms with Gasteiger partial charge in [-0.1, -0.05) is 145 Å². The monoisotopic (exact) mass is 807 g/mol. The van der Waals surface area contributed by atoms with Crippen LogP contribution in [0.3, 0.4) is 0 Å². The summed E-state index contributed by atoms with van der Waals surface area (Å²) in [6.45, 7) is 33.6. The van der Waals surface area contributed by atoms with Crippen molar-refractivity contribution in [2.75, 3.05) is 9.80 Å². The van der Waals surface area contributed by atoms with Crippen LogP contribution in [0.2, 0.25) is 0 Å². The third kappa shape index (κ3) is 6.56. The predicted octanol–water partition coefficient (Wildman–Crippen LogP) is 14.2. The van der Waals surface area contributed by atoms with Gasteiger partial charge in [-0.2, -0.15) is 0 Å². The average molecular weight is 807 g/mol. The smallest absolute Gasteiger partial charge is 0.252 e. The molecule has 0 spiro atoms. The fourth-order valence-corrected chi connectivity index (χ4v) is 13.8. The van der Waals surface area contributed by atoms with Crippen molar-refractivity contribution >= 4 is 57.2 Å². The third-order valence-corrected chi connectivity index (χ3v) is 16.0. The first-order valence-electron chi connectivity index (χ1n) is 23.6. The van der Waals surface area contributed by atoms with Gasteiger partial charge in [0.1, 0.15) is 0 Å². The average Bonchev–Trinajstić information content (AvgIpc) is 3.14. The summed E-state index contributed by atoms with van der Waals surface area (Å²) in [5.74, 6) is 0.807. The molecule has 0 radical (unpaired) electrons. The van der Waals surface area contributed by atoms with Crippen molar-refractivity contribution in [2.45, 2.75) is 163 Å². The van der Waals surface area contributed by atoms with Gasteiger partial charge < -0.3 is 9.80 Å². The topological polar surface area (TPSA) is 6.48 Å². The highest BCUT2D eigenvalue weighted by Crippen LogP contribution is 2.70. The van der Waals surface area contributed by atoms with E-state index in [1.54, 1.807) is 5.56 Å². The summed E-state index contributed by atoms with van der Waals surface area (Å²) < 4.78 is 0. The molecule has 5 aromatic rings. The molecule has 2 aliphatic heterocycles. The molecule has 3 heteroatoms. The summed E-state index contributed by atoms with van der Waals surface area (Å²) in [6.07, 6.45) is 8.09. The van der Waals surface area contributed by atoms with Gasteiger partial charge in [0.25, 0.3) is 6.71 Å². The maximum Gasteiger partial charge on any atom is 0.252 e. The Morgan fingerprint density at radius 3 is 1.18 bits per heavy atom. The molecule has 0 saturated heterocycles. The number of fused-ring (bicyclic) bond motifs is 4. The number of rotatable bonds is 3. The minimum atomic E-state index is 0.0114. The lowest BCUT2D eigenvalue weighted by Gasteiger charge is -2.66. The number of hydrogen-bond donors (Lipinski definition) is 0. The van der Waals surface area contributed by atoms with Gasteiger partial charge in [-0.3, -0.25) is 0 Å². The summed E-state index contributed by atoms with van der Waals surface area (Å²) in [5, 5.41) is 0. The van der Waals surface area contributed by atoms with Gasteiger partial charge in [-0.05, 0) is 175 Å². The Hall–Kier alpha value is -4.24. The predicted molar refractivity (Wildman–Crippen MR) is 264 cm³/mol. The summed E-state index contributed by atoms with van der Waals surface area (Å²) in [5.41, 5.74) is 20.4. The van der Waals surface area contributed by atoms with E-state index in [1.165, 1.54) is 111 Å². The molecule has 11 rings (SSSR count). The highest BCUT2D eigenvalue weighted by atomic mass is 15.2. The van der Waals surface area contributed by atoms with Crippen LogP contribution in [0.25, 0.3) is 0 Å². The zero-order valence-electron chi connectivity index (χ0n) is 40.0. The quantitative estimate of drug-likeness (QED) is 0.164. The largest absolute Gasteiger partial charge is 0.311 e. The van der Waals surface area contributed by atoms with Crippen molar-refractivity contribution in [3.8, 4) is 0 Å². The molecule has 6 aliphatic rings. The molecule has 0 N–H and O–H groups in total. The van der Waals surface area contributed by atoms with E-state index >= 15 is 0 Å². The molecule has 2 unspecified atom stereocenters. The fraction of sp³-hybridized carbons (Fsp3) is 0.483. The zero-order valence-corrected chi connectivity index (χ0v) is 40.0. The van der Waals surface area contributed by atoms with Crippen molar-refractivity contribution in [2.24, 2.45) is 16.7 Å². The normalized spacial score (nSPS) is 25.4. The van der Waals surface area contributed by atoms with Gasteiger partial charge in [-0.25, -0.2) is 0 Å². The van der Waals surface area contributed by atoms with Crippen LogP contribution in [-0.4, -0.2) is 6.71 Å². The molecule has 2 heterocycles. The van der Waals surface area contributed by atoms with Crippen molar-refractivity contribution in [3.05, 3.63) is 125 Å². The van der Waals surface area contributed by atoms with Crippen LogP contribution in [0.4, 0.5) is 34.1 Å². The fourth-order valence-electron chi connectivity index (χ4n) is 13.8. The van der Waals surface area contributed by atoms with Crippen LogP contribution in [-0.2, 0) is 27.1 Å². The van der Waals surface area contributed by atoms with E-state index in [0.29, 0.717) is 10.8 Å². The minimum absolute atomic E-state index is 0.0114. The maximum atomic E-state index is 2.73. The highest BCUT2D eigenvalue weighted by Gasteiger charge is 2.61. The molecule has 4 aliphatic carbocycles. The first-order valence-corrected chi connectivity index (χ1v) is 23.6. The van der Waals surface area contributed by atoms with Crippen molar-refractivity contribution in [3.63, 3.8) is 0 Å². The van der Waals surface area contributed by atoms with Crippen molar-refractivity contribution < 1.29 is 0 Å². The van der Waals surface area contributed by atoms with E-state index in [-0.39, 0.29) is 33.8 Å². The second-order valence-electron chi connectivity index (χ2n) is 25.6. The van der Waals surface area contributed by atoms with Gasteiger partial charge in [-0.15, -0.1) is 0 Å². The number of benzene rings is 5. The lowest BCUT2D eigenvalue weighted by molar-refractivity contribution is -0.109. The number of hydrogen-bond acceptors (Lipinski definition) is 2. The van der Waals surface area contributed by atoms with Crippen molar-refractivity contribution in [1.82, 2.24) is 0 Å². The second-order valence-corrected chi connectivity index (χ2v) is 25.6. The molecule has 2 atom stereocenters. The molecule has 61 heavy (non-hydrogen) atoms. The van der Waals surface area contributed by atoms with Gasteiger partial charge >= 0.3 is 0 Å². The Balaban J connectivity index is 1.31. The van der Waals surface area contributed by atoms with Crippen LogP contribution < -0.4 is 26.2 Å². The molecular formula is C58H71BN2. The Kier molecular flexibility index (Phi) is 8.65. The van der Waals surface area contributed by atoms with Gasteiger partial charge in [0.15, 0.2) is 0 Å². The van der Waals surface area contributed by atoms with Gasteiger partial charge in [0.05, 0.1) is 0 Å². The molecular weight excluding hydrogens is 735 g/mol. The van der Waals surface area contributed by atoms with Crippen LogP contribution in [0, 0.1) is 16.7 Å². The third-order valence-electron chi connectivity index (χ3n) is 16.0. The molecule has 0 amide bonds. The molecule has 2 nitrogen and oxygen atoms in total. The van der Waals surface area contributed by atoms with E-state index in [1.807, 2.05) is 0 Å². The Labute approximate surface area is 369 Å². The first-order chi connectivity index (χ1) is 28.3. The van der Waals surface area contributed by atoms with E-state index in [9.17, 15) is 0 Å². The van der Waals surface area contributed by atoms with E-state index in [2.05, 4.69) is 204 Å². The van der Waals surface area contributed by atoms with E-state index < -0.39 is 0 Å². The van der Waals surface area contributed by atoms with Gasteiger partial charge in [0, 0.05) is 34.1 Å². The molecule has 4 fully saturated rings. The number of nitrogens with zero attached hydrogens (tertiary/aromatic N) is 2. The lowest BCUT2D eigenvalue weighted by atomic mass is 9.32. The SMILES string of the molecule is CC12CC3CC(C)(C1)CC(c1cc4c5c(c1)N(c1ccc(C(C)(C)C)cc1)c1ccc(C(C)(C)C)cc1B5c1cc(C(C)(C)C)ccc1N4c1ccc(C(C)(C)C)cc1)(C3)C2. The number of anilines is 6. The molecule has 0 aromatic heterocycles.